The highest BCUT2D eigenvalue weighted by atomic mass is 35.5. The molecule has 1 aliphatic rings. The molecule has 0 saturated heterocycles. The van der Waals surface area contributed by atoms with Gasteiger partial charge in [0.25, 0.3) is 5.91 Å². The highest BCUT2D eigenvalue weighted by Crippen LogP contribution is 2.35. The lowest BCUT2D eigenvalue weighted by atomic mass is 9.82. The first-order chi connectivity index (χ1) is 14.6. The van der Waals surface area contributed by atoms with E-state index in [1.807, 2.05) is 24.3 Å². The number of rotatable bonds is 5. The first kappa shape index (κ1) is 23.4. The molecule has 1 N–H and O–H groups in total. The zero-order valence-corrected chi connectivity index (χ0v) is 19.6. The van der Waals surface area contributed by atoms with Gasteiger partial charge >= 0.3 is 5.97 Å². The van der Waals surface area contributed by atoms with Crippen LogP contribution in [0.3, 0.4) is 0 Å². The quantitative estimate of drug-likeness (QED) is 0.445. The summed E-state index contributed by atoms with van der Waals surface area (Å²) in [6, 6.07) is 12.7. The Morgan fingerprint density at radius 2 is 1.65 bits per heavy atom. The van der Waals surface area contributed by atoms with Gasteiger partial charge in [0, 0.05) is 21.7 Å². The average molecular weight is 460 g/mol. The van der Waals surface area contributed by atoms with Crippen molar-refractivity contribution in [2.45, 2.75) is 44.6 Å². The summed E-state index contributed by atoms with van der Waals surface area (Å²) in [5.74, 6) is -1.06. The number of allylic oxidation sites excluding steroid dienone is 1. The van der Waals surface area contributed by atoms with Crippen molar-refractivity contribution in [3.05, 3.63) is 81.4 Å². The van der Waals surface area contributed by atoms with Gasteiger partial charge in [0.05, 0.1) is 13.0 Å². The number of carbonyl (C=O) groups excluding carboxylic acids is 2. The molecule has 164 valence electrons. The lowest BCUT2D eigenvalue weighted by Gasteiger charge is -2.24. The molecule has 4 nitrogen and oxygen atoms in total. The van der Waals surface area contributed by atoms with E-state index in [1.165, 1.54) is 12.7 Å². The number of hydrogen-bond acceptors (Lipinski definition) is 3. The van der Waals surface area contributed by atoms with E-state index >= 15 is 0 Å². The fourth-order valence-electron chi connectivity index (χ4n) is 3.89. The molecule has 0 unspecified atom stereocenters. The molecule has 31 heavy (non-hydrogen) atoms. The molecule has 2 aromatic rings. The normalized spacial score (nSPS) is 19.2. The Morgan fingerprint density at radius 1 is 1.03 bits per heavy atom. The van der Waals surface area contributed by atoms with Crippen LogP contribution in [0.1, 0.15) is 54.6 Å². The fraction of sp³-hybridized carbons (Fsp3) is 0.360. The summed E-state index contributed by atoms with van der Waals surface area (Å²) in [5, 5.41) is 3.79. The Morgan fingerprint density at radius 3 is 2.19 bits per heavy atom. The van der Waals surface area contributed by atoms with Crippen LogP contribution in [0, 0.1) is 5.92 Å². The van der Waals surface area contributed by atoms with Crippen molar-refractivity contribution in [3.63, 3.8) is 0 Å². The molecule has 0 spiro atoms. The van der Waals surface area contributed by atoms with E-state index in [-0.39, 0.29) is 29.3 Å². The first-order valence-corrected chi connectivity index (χ1v) is 11.0. The Hall–Kier alpha value is -2.30. The van der Waals surface area contributed by atoms with Gasteiger partial charge in [-0.2, -0.15) is 0 Å². The second-order valence-electron chi connectivity index (χ2n) is 8.90. The van der Waals surface area contributed by atoms with Crippen molar-refractivity contribution in [1.29, 1.82) is 0 Å². The summed E-state index contributed by atoms with van der Waals surface area (Å²) in [4.78, 5) is 25.3. The Balaban J connectivity index is 1.74. The van der Waals surface area contributed by atoms with E-state index in [0.717, 1.165) is 5.56 Å². The van der Waals surface area contributed by atoms with Crippen LogP contribution in [0.4, 0.5) is 0 Å². The van der Waals surface area contributed by atoms with Crippen molar-refractivity contribution >= 4 is 35.1 Å². The van der Waals surface area contributed by atoms with E-state index in [0.29, 0.717) is 22.0 Å². The Labute approximate surface area is 193 Å². The van der Waals surface area contributed by atoms with Gasteiger partial charge in [-0.05, 0) is 47.1 Å². The number of hydrogen-bond donors (Lipinski definition) is 1. The lowest BCUT2D eigenvalue weighted by molar-refractivity contribution is -0.143. The third-order valence-electron chi connectivity index (χ3n) is 5.58. The smallest absolute Gasteiger partial charge is 0.313 e. The summed E-state index contributed by atoms with van der Waals surface area (Å²) in [6.45, 7) is 6.46. The molecule has 0 saturated carbocycles. The predicted molar refractivity (Wildman–Crippen MR) is 125 cm³/mol. The van der Waals surface area contributed by atoms with Gasteiger partial charge in [-0.15, -0.1) is 0 Å². The van der Waals surface area contributed by atoms with E-state index in [9.17, 15) is 9.59 Å². The summed E-state index contributed by atoms with van der Waals surface area (Å²) in [5.41, 5.74) is 2.54. The maximum absolute atomic E-state index is 12.6. The summed E-state index contributed by atoms with van der Waals surface area (Å²) in [7, 11) is 1.40. The minimum Gasteiger partial charge on any atom is -0.469 e. The predicted octanol–water partition coefficient (Wildman–Crippen LogP) is 5.92. The topological polar surface area (TPSA) is 55.4 Å². The van der Waals surface area contributed by atoms with E-state index < -0.39 is 5.92 Å². The van der Waals surface area contributed by atoms with Crippen LogP contribution in [0.5, 0.6) is 0 Å². The molecule has 0 bridgehead atoms. The van der Waals surface area contributed by atoms with Crippen molar-refractivity contribution in [2.75, 3.05) is 7.11 Å². The van der Waals surface area contributed by atoms with Crippen LogP contribution in [-0.2, 0) is 14.9 Å². The summed E-state index contributed by atoms with van der Waals surface area (Å²) < 4.78 is 5.10. The van der Waals surface area contributed by atoms with E-state index in [4.69, 9.17) is 27.9 Å². The van der Waals surface area contributed by atoms with Gasteiger partial charge in [0.2, 0.25) is 0 Å². The third-order valence-corrected chi connectivity index (χ3v) is 6.01. The second-order valence-corrected chi connectivity index (χ2v) is 9.77. The molecule has 0 aliphatic heterocycles. The average Bonchev–Trinajstić information content (AvgIpc) is 3.14. The van der Waals surface area contributed by atoms with Crippen molar-refractivity contribution in [2.24, 2.45) is 5.92 Å². The molecule has 1 amide bonds. The van der Waals surface area contributed by atoms with Gasteiger partial charge in [-0.1, -0.05) is 80.4 Å². The molecular weight excluding hydrogens is 433 g/mol. The molecule has 0 aromatic heterocycles. The van der Waals surface area contributed by atoms with E-state index in [2.05, 4.69) is 38.2 Å². The van der Waals surface area contributed by atoms with Crippen molar-refractivity contribution < 1.29 is 14.3 Å². The van der Waals surface area contributed by atoms with Gasteiger partial charge in [0.1, 0.15) is 0 Å². The van der Waals surface area contributed by atoms with Gasteiger partial charge in [-0.3, -0.25) is 9.59 Å². The number of methoxy groups -OCH3 is 1. The molecule has 3 atom stereocenters. The van der Waals surface area contributed by atoms with Crippen molar-refractivity contribution in [1.82, 2.24) is 5.32 Å². The van der Waals surface area contributed by atoms with Crippen LogP contribution >= 0.6 is 23.2 Å². The zero-order valence-electron chi connectivity index (χ0n) is 18.1. The standard InChI is InChI=1S/C25H27Cl2NO3/c1-25(2,3)18-8-5-15(6-9-18)22(24(30)31-4)16-7-10-21(13-16)28-23(29)17-11-19(26)14-20(27)12-17/h5-12,14,16,21-22H,13H2,1-4H3,(H,28,29)/t16-,21+,22-/m1/s1. The van der Waals surface area contributed by atoms with Gasteiger partial charge < -0.3 is 10.1 Å². The number of esters is 1. The largest absolute Gasteiger partial charge is 0.469 e. The number of amides is 1. The third kappa shape index (κ3) is 5.69. The van der Waals surface area contributed by atoms with Crippen LogP contribution in [0.15, 0.2) is 54.6 Å². The molecule has 3 rings (SSSR count). The summed E-state index contributed by atoms with van der Waals surface area (Å²) in [6.07, 6.45) is 4.50. The fourth-order valence-corrected chi connectivity index (χ4v) is 4.42. The highest BCUT2D eigenvalue weighted by molar-refractivity contribution is 6.35. The number of benzene rings is 2. The minimum atomic E-state index is -0.433. The molecule has 2 aromatic carbocycles. The van der Waals surface area contributed by atoms with Crippen LogP contribution < -0.4 is 5.32 Å². The second kappa shape index (κ2) is 9.46. The number of carbonyl (C=O) groups is 2. The van der Waals surface area contributed by atoms with Crippen LogP contribution in [0.25, 0.3) is 0 Å². The number of halogens is 2. The van der Waals surface area contributed by atoms with Gasteiger partial charge in [0.15, 0.2) is 0 Å². The molecule has 0 fully saturated rings. The molecule has 1 aliphatic carbocycles. The highest BCUT2D eigenvalue weighted by Gasteiger charge is 2.34. The van der Waals surface area contributed by atoms with Crippen LogP contribution in [0.2, 0.25) is 10.0 Å². The monoisotopic (exact) mass is 459 g/mol. The van der Waals surface area contributed by atoms with E-state index in [1.54, 1.807) is 18.2 Å². The Bertz CT molecular complexity index is 973. The number of nitrogens with one attached hydrogen (secondary N) is 1. The van der Waals surface area contributed by atoms with Gasteiger partial charge in [-0.25, -0.2) is 0 Å². The molecular formula is C25H27Cl2NO3. The van der Waals surface area contributed by atoms with Crippen molar-refractivity contribution in [3.8, 4) is 0 Å². The SMILES string of the molecule is COC(=O)[C@H](c1ccc(C(C)(C)C)cc1)[C@@H]1C=C[C@H](NC(=O)c2cc(Cl)cc(Cl)c2)C1. The first-order valence-electron chi connectivity index (χ1n) is 10.2. The maximum Gasteiger partial charge on any atom is 0.313 e. The lowest BCUT2D eigenvalue weighted by Crippen LogP contribution is -2.33. The minimum absolute atomic E-state index is 0.0329. The molecule has 0 heterocycles. The molecule has 0 radical (unpaired) electrons. The Kier molecular flexibility index (Phi) is 7.13. The number of ether oxygens (including phenoxy) is 1. The maximum atomic E-state index is 12.6. The summed E-state index contributed by atoms with van der Waals surface area (Å²) >= 11 is 12.0. The zero-order chi connectivity index (χ0) is 22.8. The molecule has 6 heteroatoms. The van der Waals surface area contributed by atoms with Crippen LogP contribution in [-0.4, -0.2) is 25.0 Å².